The molecule has 5 nitrogen and oxygen atoms in total. The quantitative estimate of drug-likeness (QED) is 0.780. The molecular formula is C14H17N3O2. The molecule has 1 aromatic carbocycles. The number of nitrogens with one attached hydrogen (secondary N) is 1. The van der Waals surface area contributed by atoms with E-state index in [9.17, 15) is 4.79 Å². The largest absolute Gasteiger partial charge is 0.481 e. The van der Waals surface area contributed by atoms with Gasteiger partial charge in [-0.05, 0) is 18.9 Å². The number of hydrogen-bond acceptors (Lipinski definition) is 4. The second-order valence-corrected chi connectivity index (χ2v) is 4.58. The molecule has 0 aliphatic carbocycles. The first-order chi connectivity index (χ1) is 9.18. The van der Waals surface area contributed by atoms with E-state index >= 15 is 0 Å². The van der Waals surface area contributed by atoms with E-state index < -0.39 is 5.97 Å². The molecule has 19 heavy (non-hydrogen) atoms. The van der Waals surface area contributed by atoms with Gasteiger partial charge >= 0.3 is 5.97 Å². The van der Waals surface area contributed by atoms with Crippen LogP contribution in [0.5, 0.6) is 0 Å². The van der Waals surface area contributed by atoms with Crippen LogP contribution in [-0.2, 0) is 4.79 Å². The van der Waals surface area contributed by atoms with Gasteiger partial charge in [-0.1, -0.05) is 25.1 Å². The number of fused-ring (bicyclic) bond motifs is 1. The van der Waals surface area contributed by atoms with Gasteiger partial charge in [0, 0.05) is 11.9 Å². The molecule has 0 aliphatic heterocycles. The van der Waals surface area contributed by atoms with Gasteiger partial charge < -0.3 is 10.4 Å². The number of carboxylic acid groups (broad SMARTS) is 1. The fourth-order valence-corrected chi connectivity index (χ4v) is 1.90. The molecule has 2 aromatic rings. The molecule has 0 spiro atoms. The van der Waals surface area contributed by atoms with Crippen LogP contribution in [-0.4, -0.2) is 27.8 Å². The van der Waals surface area contributed by atoms with Gasteiger partial charge in [0.15, 0.2) is 0 Å². The van der Waals surface area contributed by atoms with Gasteiger partial charge in [0.05, 0.1) is 23.3 Å². The van der Waals surface area contributed by atoms with Crippen LogP contribution in [0.4, 0.5) is 5.69 Å². The van der Waals surface area contributed by atoms with E-state index in [-0.39, 0.29) is 5.92 Å². The highest BCUT2D eigenvalue weighted by atomic mass is 16.4. The number of carboxylic acids is 1. The Balaban J connectivity index is 1.93. The number of nitrogens with zero attached hydrogens (tertiary/aromatic N) is 2. The van der Waals surface area contributed by atoms with Crippen LogP contribution in [0.3, 0.4) is 0 Å². The van der Waals surface area contributed by atoms with Crippen LogP contribution >= 0.6 is 0 Å². The molecule has 0 radical (unpaired) electrons. The number of rotatable bonds is 6. The Kier molecular flexibility index (Phi) is 4.28. The minimum absolute atomic E-state index is 0.297. The average molecular weight is 259 g/mol. The molecule has 1 atom stereocenters. The normalized spacial score (nSPS) is 12.3. The van der Waals surface area contributed by atoms with Crippen LogP contribution in [0.15, 0.2) is 30.5 Å². The molecule has 0 saturated heterocycles. The zero-order chi connectivity index (χ0) is 13.7. The summed E-state index contributed by atoms with van der Waals surface area (Å²) in [5.41, 5.74) is 1.79. The Morgan fingerprint density at radius 2 is 2.21 bits per heavy atom. The van der Waals surface area contributed by atoms with Crippen molar-refractivity contribution in [2.75, 3.05) is 11.9 Å². The van der Waals surface area contributed by atoms with Crippen LogP contribution in [0.1, 0.15) is 19.8 Å². The van der Waals surface area contributed by atoms with Gasteiger partial charge in [-0.3, -0.25) is 4.79 Å². The Bertz CT molecular complexity index is 566. The predicted molar refractivity (Wildman–Crippen MR) is 74.1 cm³/mol. The van der Waals surface area contributed by atoms with Gasteiger partial charge in [-0.15, -0.1) is 0 Å². The summed E-state index contributed by atoms with van der Waals surface area (Å²) in [4.78, 5) is 10.7. The monoisotopic (exact) mass is 259 g/mol. The Morgan fingerprint density at radius 3 is 3.00 bits per heavy atom. The minimum atomic E-state index is -0.740. The summed E-state index contributed by atoms with van der Waals surface area (Å²) in [6.45, 7) is 2.46. The highest BCUT2D eigenvalue weighted by Crippen LogP contribution is 2.19. The van der Waals surface area contributed by atoms with Crippen LogP contribution in [0, 0.1) is 5.92 Å². The van der Waals surface area contributed by atoms with E-state index in [0.29, 0.717) is 6.42 Å². The zero-order valence-corrected chi connectivity index (χ0v) is 10.8. The third-order valence-electron chi connectivity index (χ3n) is 3.10. The molecule has 1 heterocycles. The SMILES string of the molecule is CC(CCCNc1cnnc2ccccc12)C(=O)O. The summed E-state index contributed by atoms with van der Waals surface area (Å²) in [7, 11) is 0. The Labute approximate surface area is 111 Å². The molecule has 0 fully saturated rings. The molecular weight excluding hydrogens is 242 g/mol. The van der Waals surface area contributed by atoms with Crippen molar-refractivity contribution in [3.63, 3.8) is 0 Å². The number of anilines is 1. The van der Waals surface area contributed by atoms with E-state index in [1.807, 2.05) is 24.3 Å². The number of benzene rings is 1. The van der Waals surface area contributed by atoms with E-state index in [4.69, 9.17) is 5.11 Å². The van der Waals surface area contributed by atoms with Gasteiger partial charge in [-0.25, -0.2) is 0 Å². The topological polar surface area (TPSA) is 75.1 Å². The fourth-order valence-electron chi connectivity index (χ4n) is 1.90. The molecule has 1 unspecified atom stereocenters. The summed E-state index contributed by atoms with van der Waals surface area (Å²) in [5.74, 6) is -1.04. The molecule has 100 valence electrons. The van der Waals surface area contributed by atoms with Crippen LogP contribution in [0.2, 0.25) is 0 Å². The van der Waals surface area contributed by atoms with Crippen molar-refractivity contribution in [1.82, 2.24) is 10.2 Å². The number of hydrogen-bond donors (Lipinski definition) is 2. The van der Waals surface area contributed by atoms with Gasteiger partial charge in [0.1, 0.15) is 0 Å². The predicted octanol–water partition coefficient (Wildman–Crippen LogP) is 2.54. The lowest BCUT2D eigenvalue weighted by Crippen LogP contribution is -2.11. The summed E-state index contributed by atoms with van der Waals surface area (Å²) in [6, 6.07) is 7.79. The Morgan fingerprint density at radius 1 is 1.42 bits per heavy atom. The van der Waals surface area contributed by atoms with E-state index in [0.717, 1.165) is 29.6 Å². The van der Waals surface area contributed by atoms with Crippen LogP contribution < -0.4 is 5.32 Å². The molecule has 2 rings (SSSR count). The van der Waals surface area contributed by atoms with Gasteiger partial charge in [0.2, 0.25) is 0 Å². The lowest BCUT2D eigenvalue weighted by Gasteiger charge is -2.09. The Hall–Kier alpha value is -2.17. The van der Waals surface area contributed by atoms with Crippen molar-refractivity contribution in [2.45, 2.75) is 19.8 Å². The first-order valence-electron chi connectivity index (χ1n) is 6.35. The van der Waals surface area contributed by atoms with Crippen molar-refractivity contribution < 1.29 is 9.90 Å². The molecule has 0 aliphatic rings. The summed E-state index contributed by atoms with van der Waals surface area (Å²) in [5, 5.41) is 21.1. The number of carbonyl (C=O) groups is 1. The molecule has 2 N–H and O–H groups in total. The van der Waals surface area contributed by atoms with E-state index in [1.54, 1.807) is 13.1 Å². The van der Waals surface area contributed by atoms with E-state index in [2.05, 4.69) is 15.5 Å². The summed E-state index contributed by atoms with van der Waals surface area (Å²) in [6.07, 6.45) is 3.17. The molecule has 1 aromatic heterocycles. The number of aliphatic carboxylic acids is 1. The van der Waals surface area contributed by atoms with Crippen LogP contribution in [0.25, 0.3) is 10.9 Å². The fraction of sp³-hybridized carbons (Fsp3) is 0.357. The van der Waals surface area contributed by atoms with Gasteiger partial charge in [-0.2, -0.15) is 10.2 Å². The third-order valence-corrected chi connectivity index (χ3v) is 3.10. The van der Waals surface area contributed by atoms with Gasteiger partial charge in [0.25, 0.3) is 0 Å². The molecule has 5 heteroatoms. The zero-order valence-electron chi connectivity index (χ0n) is 10.8. The smallest absolute Gasteiger partial charge is 0.306 e. The first kappa shape index (κ1) is 13.3. The second-order valence-electron chi connectivity index (χ2n) is 4.58. The first-order valence-corrected chi connectivity index (χ1v) is 6.35. The standard InChI is InChI=1S/C14H17N3O2/c1-10(14(18)19)5-4-8-15-13-9-16-17-12-7-3-2-6-11(12)13/h2-3,6-7,9-10H,4-5,8H2,1H3,(H,15,17)(H,18,19). The number of aromatic nitrogens is 2. The summed E-state index contributed by atoms with van der Waals surface area (Å²) < 4.78 is 0. The lowest BCUT2D eigenvalue weighted by molar-refractivity contribution is -0.141. The third kappa shape index (κ3) is 3.40. The maximum atomic E-state index is 10.7. The van der Waals surface area contributed by atoms with Crippen molar-refractivity contribution in [3.8, 4) is 0 Å². The van der Waals surface area contributed by atoms with Crippen molar-refractivity contribution >= 4 is 22.6 Å². The minimum Gasteiger partial charge on any atom is -0.481 e. The molecule has 0 saturated carbocycles. The van der Waals surface area contributed by atoms with Crippen molar-refractivity contribution in [1.29, 1.82) is 0 Å². The van der Waals surface area contributed by atoms with E-state index in [1.165, 1.54) is 0 Å². The highest BCUT2D eigenvalue weighted by Gasteiger charge is 2.09. The second kappa shape index (κ2) is 6.13. The molecule has 0 bridgehead atoms. The maximum Gasteiger partial charge on any atom is 0.306 e. The maximum absolute atomic E-state index is 10.7. The molecule has 0 amide bonds. The summed E-state index contributed by atoms with van der Waals surface area (Å²) >= 11 is 0. The van der Waals surface area contributed by atoms with Crippen molar-refractivity contribution in [3.05, 3.63) is 30.5 Å². The van der Waals surface area contributed by atoms with Crippen molar-refractivity contribution in [2.24, 2.45) is 5.92 Å². The lowest BCUT2D eigenvalue weighted by atomic mass is 10.1. The average Bonchev–Trinajstić information content (AvgIpc) is 2.43. The highest BCUT2D eigenvalue weighted by molar-refractivity contribution is 5.90.